The van der Waals surface area contributed by atoms with Crippen molar-refractivity contribution >= 4 is 5.91 Å². The van der Waals surface area contributed by atoms with Crippen LogP contribution >= 0.6 is 0 Å². The molecule has 4 heterocycles. The molecule has 1 amide bonds. The fourth-order valence-electron chi connectivity index (χ4n) is 2.88. The summed E-state index contributed by atoms with van der Waals surface area (Å²) >= 11 is 0. The van der Waals surface area contributed by atoms with Gasteiger partial charge in [0, 0.05) is 26.2 Å². The van der Waals surface area contributed by atoms with Crippen molar-refractivity contribution < 1.29 is 14.3 Å². The average Bonchev–Trinajstić information content (AvgIpc) is 3.34. The molecule has 0 aliphatic carbocycles. The Balaban J connectivity index is 1.75. The Morgan fingerprint density at radius 2 is 2.07 bits per heavy atom. The Morgan fingerprint density at radius 1 is 1.26 bits per heavy atom. The predicted octanol–water partition coefficient (Wildman–Crippen LogP) is 0.544. The minimum Gasteiger partial charge on any atom is -0.481 e. The summed E-state index contributed by atoms with van der Waals surface area (Å²) < 4.78 is 13.7. The molecule has 0 spiro atoms. The maximum absolute atomic E-state index is 12.9. The van der Waals surface area contributed by atoms with E-state index in [1.807, 2.05) is 6.07 Å². The van der Waals surface area contributed by atoms with E-state index < -0.39 is 0 Å². The Labute approximate surface area is 155 Å². The molecule has 0 unspecified atom stereocenters. The number of morpholine rings is 1. The first-order valence-electron chi connectivity index (χ1n) is 8.50. The summed E-state index contributed by atoms with van der Waals surface area (Å²) in [5.74, 6) is 0.361. The third-order valence-electron chi connectivity index (χ3n) is 4.27. The zero-order valence-electron chi connectivity index (χ0n) is 15.1. The van der Waals surface area contributed by atoms with Crippen LogP contribution in [0.3, 0.4) is 0 Å². The molecule has 3 aromatic rings. The van der Waals surface area contributed by atoms with Crippen LogP contribution in [0.1, 0.15) is 10.5 Å². The Bertz CT molecular complexity index is 942. The lowest BCUT2D eigenvalue weighted by Crippen LogP contribution is -2.40. The van der Waals surface area contributed by atoms with Crippen LogP contribution in [-0.2, 0) is 11.8 Å². The first kappa shape index (κ1) is 17.2. The maximum atomic E-state index is 12.9. The van der Waals surface area contributed by atoms with E-state index in [9.17, 15) is 4.79 Å². The van der Waals surface area contributed by atoms with Gasteiger partial charge in [0.15, 0.2) is 5.69 Å². The number of methoxy groups -OCH3 is 1. The van der Waals surface area contributed by atoms with Gasteiger partial charge in [-0.2, -0.15) is 5.10 Å². The van der Waals surface area contributed by atoms with Crippen molar-refractivity contribution in [2.24, 2.45) is 7.05 Å². The van der Waals surface area contributed by atoms with E-state index in [1.165, 1.54) is 0 Å². The largest absolute Gasteiger partial charge is 0.481 e. The molecule has 4 rings (SSSR count). The van der Waals surface area contributed by atoms with Crippen LogP contribution in [0.15, 0.2) is 30.6 Å². The highest BCUT2D eigenvalue weighted by molar-refractivity contribution is 5.93. The van der Waals surface area contributed by atoms with Crippen molar-refractivity contribution in [3.63, 3.8) is 0 Å². The van der Waals surface area contributed by atoms with Crippen LogP contribution in [0.25, 0.3) is 17.1 Å². The van der Waals surface area contributed by atoms with Gasteiger partial charge in [-0.3, -0.25) is 9.48 Å². The van der Waals surface area contributed by atoms with Gasteiger partial charge >= 0.3 is 0 Å². The van der Waals surface area contributed by atoms with Crippen LogP contribution in [0.5, 0.6) is 5.88 Å². The molecule has 1 saturated heterocycles. The standard InChI is InChI=1S/C17H19N7O3/c1-22-11-14(19-21-22)15-9-13(17(25)23-5-7-27-8-6-23)20-24(15)12-3-4-16(26-2)18-10-12/h3-4,9-11H,5-8H2,1-2H3. The third-order valence-corrected chi connectivity index (χ3v) is 4.27. The molecule has 1 fully saturated rings. The lowest BCUT2D eigenvalue weighted by molar-refractivity contribution is 0.0298. The number of pyridine rings is 1. The third kappa shape index (κ3) is 3.38. The number of nitrogens with zero attached hydrogens (tertiary/aromatic N) is 7. The van der Waals surface area contributed by atoms with Gasteiger partial charge in [-0.15, -0.1) is 5.10 Å². The molecule has 0 aromatic carbocycles. The van der Waals surface area contributed by atoms with Crippen molar-refractivity contribution in [3.8, 4) is 23.0 Å². The fourth-order valence-corrected chi connectivity index (χ4v) is 2.88. The van der Waals surface area contributed by atoms with Crippen LogP contribution < -0.4 is 4.74 Å². The molecule has 27 heavy (non-hydrogen) atoms. The summed E-state index contributed by atoms with van der Waals surface area (Å²) in [6, 6.07) is 5.29. The van der Waals surface area contributed by atoms with Crippen molar-refractivity contribution in [3.05, 3.63) is 36.3 Å². The van der Waals surface area contributed by atoms with Gasteiger partial charge in [0.05, 0.1) is 44.1 Å². The summed E-state index contributed by atoms with van der Waals surface area (Å²) in [6.45, 7) is 2.17. The number of ether oxygens (including phenoxy) is 2. The SMILES string of the molecule is COc1ccc(-n2nc(C(=O)N3CCOCC3)cc2-c2cn(C)nn2)cn1. The summed E-state index contributed by atoms with van der Waals surface area (Å²) in [5.41, 5.74) is 2.30. The first-order chi connectivity index (χ1) is 13.2. The lowest BCUT2D eigenvalue weighted by atomic mass is 10.2. The molecule has 0 radical (unpaired) electrons. The van der Waals surface area contributed by atoms with E-state index in [1.54, 1.807) is 52.9 Å². The number of amides is 1. The molecular formula is C17H19N7O3. The molecule has 3 aromatic heterocycles. The number of aromatic nitrogens is 6. The second kappa shape index (κ2) is 7.16. The monoisotopic (exact) mass is 369 g/mol. The van der Waals surface area contributed by atoms with Gasteiger partial charge in [0.2, 0.25) is 5.88 Å². The van der Waals surface area contributed by atoms with Gasteiger partial charge in [0.1, 0.15) is 5.69 Å². The maximum Gasteiger partial charge on any atom is 0.274 e. The number of carbonyl (C=O) groups excluding carboxylic acids is 1. The molecule has 1 aliphatic rings. The first-order valence-corrected chi connectivity index (χ1v) is 8.50. The fraction of sp³-hybridized carbons (Fsp3) is 0.353. The van der Waals surface area contributed by atoms with Crippen LogP contribution in [-0.4, -0.2) is 74.0 Å². The Hall–Kier alpha value is -3.27. The number of hydrogen-bond donors (Lipinski definition) is 0. The van der Waals surface area contributed by atoms with Crippen LogP contribution in [0.4, 0.5) is 0 Å². The van der Waals surface area contributed by atoms with Crippen LogP contribution in [0, 0.1) is 0 Å². The molecule has 10 nitrogen and oxygen atoms in total. The average molecular weight is 369 g/mol. The lowest BCUT2D eigenvalue weighted by Gasteiger charge is -2.25. The van der Waals surface area contributed by atoms with Gasteiger partial charge in [-0.05, 0) is 12.1 Å². The highest BCUT2D eigenvalue weighted by Gasteiger charge is 2.24. The quantitative estimate of drug-likeness (QED) is 0.662. The normalized spacial score (nSPS) is 14.4. The summed E-state index contributed by atoms with van der Waals surface area (Å²) in [6.07, 6.45) is 3.40. The van der Waals surface area contributed by atoms with E-state index in [0.29, 0.717) is 55.0 Å². The minimum atomic E-state index is -0.135. The van der Waals surface area contributed by atoms with E-state index in [4.69, 9.17) is 9.47 Å². The highest BCUT2D eigenvalue weighted by atomic mass is 16.5. The molecule has 0 bridgehead atoms. The van der Waals surface area contributed by atoms with E-state index >= 15 is 0 Å². The summed E-state index contributed by atoms with van der Waals surface area (Å²) in [7, 11) is 3.34. The number of rotatable bonds is 4. The summed E-state index contributed by atoms with van der Waals surface area (Å²) in [4.78, 5) is 18.8. The van der Waals surface area contributed by atoms with Crippen molar-refractivity contribution in [2.45, 2.75) is 0 Å². The number of hydrogen-bond acceptors (Lipinski definition) is 7. The Morgan fingerprint density at radius 3 is 2.70 bits per heavy atom. The van der Waals surface area contributed by atoms with E-state index in [0.717, 1.165) is 0 Å². The summed E-state index contributed by atoms with van der Waals surface area (Å²) in [5, 5.41) is 12.7. The molecule has 1 aliphatic heterocycles. The van der Waals surface area contributed by atoms with Crippen molar-refractivity contribution in [1.82, 2.24) is 34.7 Å². The highest BCUT2D eigenvalue weighted by Crippen LogP contribution is 2.23. The van der Waals surface area contributed by atoms with Gasteiger partial charge in [-0.25, -0.2) is 9.67 Å². The molecule has 0 N–H and O–H groups in total. The van der Waals surface area contributed by atoms with Crippen molar-refractivity contribution in [1.29, 1.82) is 0 Å². The molecule has 140 valence electrons. The second-order valence-corrected chi connectivity index (χ2v) is 6.07. The number of aryl methyl sites for hydroxylation is 1. The molecule has 0 saturated carbocycles. The van der Waals surface area contributed by atoms with Gasteiger partial charge < -0.3 is 14.4 Å². The minimum absolute atomic E-state index is 0.135. The second-order valence-electron chi connectivity index (χ2n) is 6.07. The van der Waals surface area contributed by atoms with Crippen LogP contribution in [0.2, 0.25) is 0 Å². The smallest absolute Gasteiger partial charge is 0.274 e. The van der Waals surface area contributed by atoms with E-state index in [-0.39, 0.29) is 5.91 Å². The molecule has 10 heteroatoms. The van der Waals surface area contributed by atoms with Gasteiger partial charge in [0.25, 0.3) is 5.91 Å². The van der Waals surface area contributed by atoms with E-state index in [2.05, 4.69) is 20.4 Å². The molecular weight excluding hydrogens is 350 g/mol. The zero-order valence-corrected chi connectivity index (χ0v) is 15.1. The van der Waals surface area contributed by atoms with Gasteiger partial charge in [-0.1, -0.05) is 5.21 Å². The Kier molecular flexibility index (Phi) is 4.55. The van der Waals surface area contributed by atoms with Crippen molar-refractivity contribution in [2.75, 3.05) is 33.4 Å². The zero-order chi connectivity index (χ0) is 18.8. The predicted molar refractivity (Wildman–Crippen MR) is 94.6 cm³/mol. The molecule has 0 atom stereocenters. The number of carbonyl (C=O) groups is 1. The topological polar surface area (TPSA) is 100 Å².